The molecule has 2 heterocycles. The van der Waals surface area contributed by atoms with Crippen molar-refractivity contribution in [3.63, 3.8) is 0 Å². The number of carboxylic acid groups (broad SMARTS) is 1. The van der Waals surface area contributed by atoms with Crippen molar-refractivity contribution in [3.8, 4) is 0 Å². The van der Waals surface area contributed by atoms with Gasteiger partial charge in [-0.1, -0.05) is 0 Å². The van der Waals surface area contributed by atoms with E-state index in [1.165, 1.54) is 7.11 Å². The Bertz CT molecular complexity index is 465. The standard InChI is InChI=1S/C14H25NO10/c1-4-6(15)10(7(17)5(3-16)23-4)24-14-9(19)8(18)11(22-2)12(25-14)13(20)21/h4-12,14,16-19H,3,15H2,1-2H3,(H,20,21)/t4-,5?,6?,7+,8+,9?,10+,11-,12?,14+/m0/s1. The van der Waals surface area contributed by atoms with Gasteiger partial charge in [0.25, 0.3) is 0 Å². The number of aliphatic hydroxyl groups is 4. The van der Waals surface area contributed by atoms with E-state index >= 15 is 0 Å². The summed E-state index contributed by atoms with van der Waals surface area (Å²) in [5.74, 6) is -1.41. The fourth-order valence-corrected chi connectivity index (χ4v) is 3.04. The first-order valence-electron chi connectivity index (χ1n) is 7.85. The Kier molecular flexibility index (Phi) is 6.70. The molecule has 0 aromatic rings. The van der Waals surface area contributed by atoms with E-state index in [-0.39, 0.29) is 0 Å². The molecule has 2 fully saturated rings. The molecule has 11 heteroatoms. The van der Waals surface area contributed by atoms with E-state index in [0.29, 0.717) is 0 Å². The van der Waals surface area contributed by atoms with Gasteiger partial charge in [0.1, 0.15) is 36.6 Å². The largest absolute Gasteiger partial charge is 0.479 e. The Hall–Kier alpha value is -0.890. The molecule has 146 valence electrons. The molecule has 4 unspecified atom stereocenters. The topological polar surface area (TPSA) is 181 Å². The van der Waals surface area contributed by atoms with E-state index < -0.39 is 73.7 Å². The van der Waals surface area contributed by atoms with Gasteiger partial charge in [0.05, 0.1) is 18.8 Å². The summed E-state index contributed by atoms with van der Waals surface area (Å²) in [6.07, 6.45) is -11.7. The first-order valence-corrected chi connectivity index (χ1v) is 7.85. The van der Waals surface area contributed by atoms with Crippen molar-refractivity contribution >= 4 is 5.97 Å². The normalized spacial score (nSPS) is 48.3. The highest BCUT2D eigenvalue weighted by molar-refractivity contribution is 5.73. The predicted molar refractivity (Wildman–Crippen MR) is 79.4 cm³/mol. The summed E-state index contributed by atoms with van der Waals surface area (Å²) in [5.41, 5.74) is 5.94. The maximum absolute atomic E-state index is 11.3. The van der Waals surface area contributed by atoms with Crippen LogP contribution >= 0.6 is 0 Å². The second-order valence-corrected chi connectivity index (χ2v) is 6.18. The number of hydrogen-bond acceptors (Lipinski definition) is 10. The number of aliphatic hydroxyl groups excluding tert-OH is 4. The molecule has 0 aliphatic carbocycles. The molecule has 2 saturated heterocycles. The molecule has 0 bridgehead atoms. The Labute approximate surface area is 143 Å². The van der Waals surface area contributed by atoms with Crippen LogP contribution in [0.4, 0.5) is 0 Å². The molecule has 0 amide bonds. The van der Waals surface area contributed by atoms with Gasteiger partial charge in [-0.05, 0) is 6.92 Å². The molecule has 0 aromatic heterocycles. The van der Waals surface area contributed by atoms with Crippen LogP contribution in [0.25, 0.3) is 0 Å². The van der Waals surface area contributed by atoms with Gasteiger partial charge in [0.2, 0.25) is 0 Å². The van der Waals surface area contributed by atoms with E-state index in [1.807, 2.05) is 0 Å². The Morgan fingerprint density at radius 3 is 2.28 bits per heavy atom. The fraction of sp³-hybridized carbons (Fsp3) is 0.929. The third-order valence-electron chi connectivity index (χ3n) is 4.56. The first-order chi connectivity index (χ1) is 11.7. The van der Waals surface area contributed by atoms with Gasteiger partial charge in [0.15, 0.2) is 12.4 Å². The van der Waals surface area contributed by atoms with Crippen molar-refractivity contribution < 1.29 is 49.3 Å². The monoisotopic (exact) mass is 367 g/mol. The van der Waals surface area contributed by atoms with Crippen molar-refractivity contribution in [1.29, 1.82) is 0 Å². The van der Waals surface area contributed by atoms with Gasteiger partial charge >= 0.3 is 5.97 Å². The summed E-state index contributed by atoms with van der Waals surface area (Å²) < 4.78 is 20.9. The third kappa shape index (κ3) is 3.94. The molecule has 10 atom stereocenters. The Morgan fingerprint density at radius 1 is 1.12 bits per heavy atom. The third-order valence-corrected chi connectivity index (χ3v) is 4.56. The lowest BCUT2D eigenvalue weighted by atomic mass is 9.93. The SMILES string of the molecule is CO[C@@H]1C(C(=O)O)O[C@@H](O[C@@H]2C(N)[C@H](C)OC(CO)[C@H]2O)C(O)[C@H]1O. The smallest absolute Gasteiger partial charge is 0.335 e. The summed E-state index contributed by atoms with van der Waals surface area (Å²) in [6, 6.07) is -0.839. The van der Waals surface area contributed by atoms with Gasteiger partial charge in [-0.15, -0.1) is 0 Å². The highest BCUT2D eigenvalue weighted by atomic mass is 16.7. The fourth-order valence-electron chi connectivity index (χ4n) is 3.04. The number of carboxylic acids is 1. The molecule has 0 radical (unpaired) electrons. The van der Waals surface area contributed by atoms with Gasteiger partial charge in [-0.25, -0.2) is 4.79 Å². The number of aliphatic carboxylic acids is 1. The molecule has 0 spiro atoms. The lowest BCUT2D eigenvalue weighted by Gasteiger charge is -2.46. The van der Waals surface area contributed by atoms with E-state index in [9.17, 15) is 30.3 Å². The predicted octanol–water partition coefficient (Wildman–Crippen LogP) is -3.61. The van der Waals surface area contributed by atoms with Crippen LogP contribution < -0.4 is 5.73 Å². The van der Waals surface area contributed by atoms with E-state index in [4.69, 9.17) is 24.7 Å². The minimum absolute atomic E-state index is 0.488. The molecule has 2 rings (SSSR count). The highest BCUT2D eigenvalue weighted by Crippen LogP contribution is 2.29. The zero-order valence-electron chi connectivity index (χ0n) is 13.8. The first kappa shape index (κ1) is 20.4. The number of carbonyl (C=O) groups is 1. The van der Waals surface area contributed by atoms with E-state index in [0.717, 1.165) is 0 Å². The molecule has 11 nitrogen and oxygen atoms in total. The van der Waals surface area contributed by atoms with E-state index in [2.05, 4.69) is 0 Å². The van der Waals surface area contributed by atoms with Crippen molar-refractivity contribution in [2.75, 3.05) is 13.7 Å². The summed E-state index contributed by atoms with van der Waals surface area (Å²) >= 11 is 0. The lowest BCUT2D eigenvalue weighted by molar-refractivity contribution is -0.326. The zero-order valence-corrected chi connectivity index (χ0v) is 13.8. The molecular formula is C14H25NO10. The van der Waals surface area contributed by atoms with Crippen LogP contribution in [0.2, 0.25) is 0 Å². The van der Waals surface area contributed by atoms with Crippen molar-refractivity contribution in [3.05, 3.63) is 0 Å². The molecular weight excluding hydrogens is 342 g/mol. The maximum atomic E-state index is 11.3. The molecule has 7 N–H and O–H groups in total. The average molecular weight is 367 g/mol. The maximum Gasteiger partial charge on any atom is 0.335 e. The molecule has 2 aliphatic heterocycles. The lowest BCUT2D eigenvalue weighted by Crippen LogP contribution is -2.66. The molecule has 2 aliphatic rings. The summed E-state index contributed by atoms with van der Waals surface area (Å²) in [4.78, 5) is 11.3. The number of ether oxygens (including phenoxy) is 4. The molecule has 0 saturated carbocycles. The summed E-state index contributed by atoms with van der Waals surface area (Å²) in [7, 11) is 1.17. The number of methoxy groups -OCH3 is 1. The average Bonchev–Trinajstić information content (AvgIpc) is 2.58. The van der Waals surface area contributed by atoms with E-state index in [1.54, 1.807) is 6.92 Å². The van der Waals surface area contributed by atoms with Crippen molar-refractivity contribution in [1.82, 2.24) is 0 Å². The van der Waals surface area contributed by atoms with Gasteiger partial charge in [-0.2, -0.15) is 0 Å². The van der Waals surface area contributed by atoms with Crippen LogP contribution in [0.3, 0.4) is 0 Å². The van der Waals surface area contributed by atoms with Crippen LogP contribution in [-0.2, 0) is 23.7 Å². The summed E-state index contributed by atoms with van der Waals surface area (Å²) in [5, 5.41) is 49.0. The number of rotatable bonds is 5. The molecule has 25 heavy (non-hydrogen) atoms. The van der Waals surface area contributed by atoms with Crippen LogP contribution in [0.1, 0.15) is 6.92 Å². The number of nitrogens with two attached hydrogens (primary N) is 1. The van der Waals surface area contributed by atoms with Crippen molar-refractivity contribution in [2.45, 2.75) is 68.1 Å². The minimum Gasteiger partial charge on any atom is -0.479 e. The minimum atomic E-state index is -1.63. The van der Waals surface area contributed by atoms with Crippen molar-refractivity contribution in [2.24, 2.45) is 5.73 Å². The zero-order chi connectivity index (χ0) is 18.9. The van der Waals surface area contributed by atoms with Crippen LogP contribution in [0, 0.1) is 0 Å². The second-order valence-electron chi connectivity index (χ2n) is 6.18. The highest BCUT2D eigenvalue weighted by Gasteiger charge is 2.51. The van der Waals surface area contributed by atoms with Crippen LogP contribution in [0.5, 0.6) is 0 Å². The van der Waals surface area contributed by atoms with Crippen LogP contribution in [-0.4, -0.2) is 106 Å². The van der Waals surface area contributed by atoms with Gasteiger partial charge < -0.3 is 50.2 Å². The summed E-state index contributed by atoms with van der Waals surface area (Å²) in [6.45, 7) is 1.13. The quantitative estimate of drug-likeness (QED) is 0.282. The van der Waals surface area contributed by atoms with Gasteiger partial charge in [0, 0.05) is 7.11 Å². The Morgan fingerprint density at radius 2 is 1.76 bits per heavy atom. The second kappa shape index (κ2) is 8.20. The molecule has 0 aromatic carbocycles. The number of hydrogen-bond donors (Lipinski definition) is 6. The Balaban J connectivity index is 2.17. The van der Waals surface area contributed by atoms with Gasteiger partial charge in [-0.3, -0.25) is 0 Å². The van der Waals surface area contributed by atoms with Crippen LogP contribution in [0.15, 0.2) is 0 Å².